The van der Waals surface area contributed by atoms with Crippen molar-refractivity contribution in [3.05, 3.63) is 11.1 Å². The highest BCUT2D eigenvalue weighted by atomic mass is 16.6. The van der Waals surface area contributed by atoms with E-state index in [0.29, 0.717) is 17.2 Å². The van der Waals surface area contributed by atoms with Crippen molar-refractivity contribution in [1.29, 1.82) is 0 Å². The first-order valence-corrected chi connectivity index (χ1v) is 10.6. The molecular weight excluding hydrogens is 328 g/mol. The Morgan fingerprint density at radius 3 is 2.23 bits per heavy atom. The fourth-order valence-corrected chi connectivity index (χ4v) is 5.47. The summed E-state index contributed by atoms with van der Waals surface area (Å²) in [6.45, 7) is 5.25. The van der Waals surface area contributed by atoms with Crippen LogP contribution in [0.1, 0.15) is 71.1 Å². The van der Waals surface area contributed by atoms with E-state index in [0.717, 1.165) is 51.9 Å². The van der Waals surface area contributed by atoms with Gasteiger partial charge in [0.05, 0.1) is 5.57 Å². The number of esters is 1. The van der Waals surface area contributed by atoms with Gasteiger partial charge in [-0.2, -0.15) is 0 Å². The van der Waals surface area contributed by atoms with E-state index in [1.54, 1.807) is 6.92 Å². The lowest BCUT2D eigenvalue weighted by Gasteiger charge is -2.42. The number of hydrogen-bond acceptors (Lipinski definition) is 4. The summed E-state index contributed by atoms with van der Waals surface area (Å²) in [6.07, 6.45) is 11.5. The van der Waals surface area contributed by atoms with Crippen molar-refractivity contribution >= 4 is 11.9 Å². The first-order valence-electron chi connectivity index (χ1n) is 10.6. The molecule has 0 aromatic rings. The van der Waals surface area contributed by atoms with Gasteiger partial charge in [-0.1, -0.05) is 25.7 Å². The number of carbonyl (C=O) groups is 2. The number of rotatable bonds is 2. The molecule has 0 N–H and O–H groups in total. The lowest BCUT2D eigenvalue weighted by Crippen LogP contribution is -2.54. The molecule has 0 bridgehead atoms. The van der Waals surface area contributed by atoms with E-state index >= 15 is 0 Å². The minimum Gasteiger partial charge on any atom is -0.451 e. The second kappa shape index (κ2) is 7.34. The first kappa shape index (κ1) is 18.0. The summed E-state index contributed by atoms with van der Waals surface area (Å²) in [5.74, 6) is -0.227. The van der Waals surface area contributed by atoms with E-state index in [1.807, 2.05) is 4.90 Å². The van der Waals surface area contributed by atoms with Gasteiger partial charge >= 0.3 is 5.97 Å². The van der Waals surface area contributed by atoms with Gasteiger partial charge in [-0.25, -0.2) is 4.79 Å². The smallest absolute Gasteiger partial charge is 0.335 e. The molecule has 0 unspecified atom stereocenters. The van der Waals surface area contributed by atoms with Crippen LogP contribution in [0.25, 0.3) is 0 Å². The number of amides is 1. The number of carbonyl (C=O) groups excluding carboxylic acids is 2. The van der Waals surface area contributed by atoms with Crippen LogP contribution in [0.5, 0.6) is 0 Å². The average molecular weight is 360 g/mol. The second-order valence-electron chi connectivity index (χ2n) is 8.56. The van der Waals surface area contributed by atoms with Crippen LogP contribution in [0.15, 0.2) is 11.1 Å². The molecule has 5 nitrogen and oxygen atoms in total. The zero-order valence-electron chi connectivity index (χ0n) is 16.1. The molecule has 2 saturated carbocycles. The Bertz CT molecular complexity index is 592. The third-order valence-corrected chi connectivity index (χ3v) is 6.99. The van der Waals surface area contributed by atoms with Crippen LogP contribution in [0.2, 0.25) is 0 Å². The van der Waals surface area contributed by atoms with Crippen molar-refractivity contribution in [3.8, 4) is 0 Å². The molecule has 4 aliphatic rings. The normalized spacial score (nSPS) is 27.9. The predicted octanol–water partition coefficient (Wildman–Crippen LogP) is 3.04. The summed E-state index contributed by atoms with van der Waals surface area (Å²) in [5.41, 5.74) is 0.594. The number of piperazine rings is 1. The number of nitrogens with zero attached hydrogens (tertiary/aromatic N) is 2. The maximum Gasteiger partial charge on any atom is 0.335 e. The van der Waals surface area contributed by atoms with Gasteiger partial charge in [0.1, 0.15) is 5.60 Å². The van der Waals surface area contributed by atoms with Gasteiger partial charge in [-0.3, -0.25) is 9.69 Å². The third kappa shape index (κ3) is 3.19. The Hall–Kier alpha value is -1.36. The Morgan fingerprint density at radius 1 is 0.962 bits per heavy atom. The van der Waals surface area contributed by atoms with E-state index in [-0.39, 0.29) is 11.9 Å². The number of hydrogen-bond donors (Lipinski definition) is 0. The molecule has 5 heteroatoms. The summed E-state index contributed by atoms with van der Waals surface area (Å²) in [6, 6.07) is 0.711. The molecule has 2 aliphatic carbocycles. The molecule has 0 atom stereocenters. The third-order valence-electron chi connectivity index (χ3n) is 6.99. The van der Waals surface area contributed by atoms with E-state index in [9.17, 15) is 9.59 Å². The SMILES string of the molecule is CC1=C(C(=O)N2CCN(C3CCCCC3)CC2)C2(CCCCC2)OC1=O. The van der Waals surface area contributed by atoms with Gasteiger partial charge in [0.15, 0.2) is 0 Å². The largest absolute Gasteiger partial charge is 0.451 e. The molecule has 0 aromatic heterocycles. The maximum atomic E-state index is 13.3. The van der Waals surface area contributed by atoms with Crippen LogP contribution >= 0.6 is 0 Å². The van der Waals surface area contributed by atoms with E-state index in [2.05, 4.69) is 4.90 Å². The van der Waals surface area contributed by atoms with Gasteiger partial charge in [0, 0.05) is 37.8 Å². The van der Waals surface area contributed by atoms with Crippen molar-refractivity contribution in [3.63, 3.8) is 0 Å². The molecule has 1 saturated heterocycles. The Morgan fingerprint density at radius 2 is 1.58 bits per heavy atom. The minimum atomic E-state index is -0.628. The van der Waals surface area contributed by atoms with Gasteiger partial charge in [0.25, 0.3) is 5.91 Å². The van der Waals surface area contributed by atoms with E-state index in [1.165, 1.54) is 38.5 Å². The predicted molar refractivity (Wildman–Crippen MR) is 99.6 cm³/mol. The van der Waals surface area contributed by atoms with Crippen LogP contribution < -0.4 is 0 Å². The quantitative estimate of drug-likeness (QED) is 0.710. The molecule has 1 spiro atoms. The Balaban J connectivity index is 1.44. The van der Waals surface area contributed by atoms with Crippen molar-refractivity contribution in [1.82, 2.24) is 9.80 Å². The van der Waals surface area contributed by atoms with Crippen molar-refractivity contribution in [2.75, 3.05) is 26.2 Å². The average Bonchev–Trinajstić information content (AvgIpc) is 2.92. The standard InChI is InChI=1S/C21H32N2O3/c1-16-18(21(26-20(16)25)10-6-3-7-11-21)19(24)23-14-12-22(13-15-23)17-8-4-2-5-9-17/h17H,2-15H2,1H3. The Kier molecular flexibility index (Phi) is 5.09. The topological polar surface area (TPSA) is 49.9 Å². The zero-order chi connectivity index (χ0) is 18.1. The second-order valence-corrected chi connectivity index (χ2v) is 8.56. The van der Waals surface area contributed by atoms with Crippen molar-refractivity contribution < 1.29 is 14.3 Å². The van der Waals surface area contributed by atoms with Crippen molar-refractivity contribution in [2.45, 2.75) is 82.8 Å². The molecule has 2 heterocycles. The molecule has 1 amide bonds. The molecule has 4 rings (SSSR count). The highest BCUT2D eigenvalue weighted by molar-refractivity contribution is 6.07. The van der Waals surface area contributed by atoms with Gasteiger partial charge < -0.3 is 9.64 Å². The minimum absolute atomic E-state index is 0.0542. The molecule has 2 aliphatic heterocycles. The number of ether oxygens (including phenoxy) is 1. The molecule has 26 heavy (non-hydrogen) atoms. The van der Waals surface area contributed by atoms with E-state index in [4.69, 9.17) is 4.74 Å². The highest BCUT2D eigenvalue weighted by Gasteiger charge is 2.50. The molecule has 144 valence electrons. The molecule has 0 aromatic carbocycles. The van der Waals surface area contributed by atoms with Gasteiger partial charge in [-0.05, 0) is 45.4 Å². The van der Waals surface area contributed by atoms with Crippen LogP contribution in [-0.2, 0) is 14.3 Å². The van der Waals surface area contributed by atoms with Crippen LogP contribution in [-0.4, -0.2) is 59.5 Å². The molecule has 0 radical (unpaired) electrons. The molecular formula is C21H32N2O3. The summed E-state index contributed by atoms with van der Waals surface area (Å²) >= 11 is 0. The highest BCUT2D eigenvalue weighted by Crippen LogP contribution is 2.44. The lowest BCUT2D eigenvalue weighted by atomic mass is 9.78. The lowest BCUT2D eigenvalue weighted by molar-refractivity contribution is -0.150. The fourth-order valence-electron chi connectivity index (χ4n) is 5.47. The maximum absolute atomic E-state index is 13.3. The van der Waals surface area contributed by atoms with Crippen molar-refractivity contribution in [2.24, 2.45) is 0 Å². The monoisotopic (exact) mass is 360 g/mol. The summed E-state index contributed by atoms with van der Waals surface area (Å²) in [5, 5.41) is 0. The summed E-state index contributed by atoms with van der Waals surface area (Å²) in [7, 11) is 0. The first-order chi connectivity index (χ1) is 12.6. The van der Waals surface area contributed by atoms with Crippen LogP contribution in [0.4, 0.5) is 0 Å². The van der Waals surface area contributed by atoms with E-state index < -0.39 is 5.60 Å². The van der Waals surface area contributed by atoms with Crippen LogP contribution in [0.3, 0.4) is 0 Å². The summed E-state index contributed by atoms with van der Waals surface area (Å²) in [4.78, 5) is 30.1. The van der Waals surface area contributed by atoms with Gasteiger partial charge in [-0.15, -0.1) is 0 Å². The van der Waals surface area contributed by atoms with Crippen LogP contribution in [0, 0.1) is 0 Å². The van der Waals surface area contributed by atoms with Gasteiger partial charge in [0.2, 0.25) is 0 Å². The molecule has 3 fully saturated rings. The fraction of sp³-hybridized carbons (Fsp3) is 0.810. The Labute approximate surface area is 156 Å². The zero-order valence-corrected chi connectivity index (χ0v) is 16.1. The summed E-state index contributed by atoms with van der Waals surface area (Å²) < 4.78 is 5.77.